The molecule has 0 saturated carbocycles. The van der Waals surface area contributed by atoms with Crippen molar-refractivity contribution >= 4 is 33.7 Å². The van der Waals surface area contributed by atoms with E-state index >= 15 is 0 Å². The zero-order chi connectivity index (χ0) is 23.1. The number of carbonyl (C=O) groups is 1. The standard InChI is InChI=1S/C22H18BrN3O6/c1-31-21-10-14(12-24-25-22(28)19-11-16(23)4-9-20(19)27)2-3-15(21)13-32-18-7-5-17(6-8-18)26(29)30/h2-12,27H,13H2,1H3,(H,25,28)/b24-12-. The molecule has 0 atom stereocenters. The number of non-ortho nitro benzene ring substituents is 1. The molecule has 0 bridgehead atoms. The highest BCUT2D eigenvalue weighted by Crippen LogP contribution is 2.24. The van der Waals surface area contributed by atoms with Crippen molar-refractivity contribution in [2.75, 3.05) is 7.11 Å². The van der Waals surface area contributed by atoms with E-state index in [1.807, 2.05) is 0 Å². The summed E-state index contributed by atoms with van der Waals surface area (Å²) in [5.74, 6) is 0.328. The Kier molecular flexibility index (Phi) is 7.40. The second kappa shape index (κ2) is 10.4. The van der Waals surface area contributed by atoms with E-state index in [0.29, 0.717) is 21.5 Å². The number of benzene rings is 3. The number of amides is 1. The van der Waals surface area contributed by atoms with Crippen LogP contribution in [0.3, 0.4) is 0 Å². The number of phenolic OH excluding ortho intramolecular Hbond substituents is 1. The van der Waals surface area contributed by atoms with Crippen molar-refractivity contribution in [1.82, 2.24) is 5.43 Å². The molecule has 3 aromatic carbocycles. The van der Waals surface area contributed by atoms with Crippen LogP contribution in [0.25, 0.3) is 0 Å². The Labute approximate surface area is 191 Å². The van der Waals surface area contributed by atoms with E-state index in [1.165, 1.54) is 49.7 Å². The normalized spacial score (nSPS) is 10.7. The number of nitrogens with zero attached hydrogens (tertiary/aromatic N) is 2. The maximum absolute atomic E-state index is 12.2. The fraction of sp³-hybridized carbons (Fsp3) is 0.0909. The summed E-state index contributed by atoms with van der Waals surface area (Å²) in [6.07, 6.45) is 1.44. The molecule has 32 heavy (non-hydrogen) atoms. The van der Waals surface area contributed by atoms with Gasteiger partial charge in [-0.15, -0.1) is 0 Å². The number of hydrazone groups is 1. The van der Waals surface area contributed by atoms with E-state index in [1.54, 1.807) is 24.3 Å². The van der Waals surface area contributed by atoms with Crippen molar-refractivity contribution in [3.8, 4) is 17.2 Å². The van der Waals surface area contributed by atoms with E-state index in [9.17, 15) is 20.0 Å². The average molecular weight is 500 g/mol. The lowest BCUT2D eigenvalue weighted by Gasteiger charge is -2.11. The number of aromatic hydroxyl groups is 1. The summed E-state index contributed by atoms with van der Waals surface area (Å²) >= 11 is 3.25. The lowest BCUT2D eigenvalue weighted by atomic mass is 10.1. The van der Waals surface area contributed by atoms with E-state index in [4.69, 9.17) is 9.47 Å². The minimum atomic E-state index is -0.555. The second-order valence-electron chi connectivity index (χ2n) is 6.47. The van der Waals surface area contributed by atoms with Crippen LogP contribution < -0.4 is 14.9 Å². The topological polar surface area (TPSA) is 123 Å². The first-order chi connectivity index (χ1) is 15.4. The molecule has 0 radical (unpaired) electrons. The average Bonchev–Trinajstić information content (AvgIpc) is 2.79. The first-order valence-electron chi connectivity index (χ1n) is 9.23. The lowest BCUT2D eigenvalue weighted by Crippen LogP contribution is -2.17. The summed E-state index contributed by atoms with van der Waals surface area (Å²) in [7, 11) is 1.52. The fourth-order valence-electron chi connectivity index (χ4n) is 2.70. The number of rotatable bonds is 8. The fourth-order valence-corrected chi connectivity index (χ4v) is 3.06. The number of hydrogen-bond donors (Lipinski definition) is 2. The highest BCUT2D eigenvalue weighted by atomic mass is 79.9. The third kappa shape index (κ3) is 5.82. The third-order valence-corrected chi connectivity index (χ3v) is 4.83. The smallest absolute Gasteiger partial charge is 0.275 e. The predicted molar refractivity (Wildman–Crippen MR) is 121 cm³/mol. The quantitative estimate of drug-likeness (QED) is 0.268. The molecule has 164 valence electrons. The number of ether oxygens (including phenoxy) is 2. The van der Waals surface area contributed by atoms with Crippen molar-refractivity contribution < 1.29 is 24.3 Å². The Balaban J connectivity index is 1.63. The molecule has 9 nitrogen and oxygen atoms in total. The molecule has 0 saturated heterocycles. The number of halogens is 1. The van der Waals surface area contributed by atoms with Gasteiger partial charge in [0.1, 0.15) is 23.9 Å². The highest BCUT2D eigenvalue weighted by Gasteiger charge is 2.11. The van der Waals surface area contributed by atoms with Crippen LogP contribution in [-0.2, 0) is 6.61 Å². The lowest BCUT2D eigenvalue weighted by molar-refractivity contribution is -0.384. The molecule has 10 heteroatoms. The Morgan fingerprint density at radius 3 is 2.62 bits per heavy atom. The molecule has 3 rings (SSSR count). The van der Waals surface area contributed by atoms with Crippen LogP contribution >= 0.6 is 15.9 Å². The number of carbonyl (C=O) groups excluding carboxylic acids is 1. The van der Waals surface area contributed by atoms with Crippen molar-refractivity contribution in [3.05, 3.63) is 91.9 Å². The van der Waals surface area contributed by atoms with E-state index in [-0.39, 0.29) is 23.6 Å². The monoisotopic (exact) mass is 499 g/mol. The van der Waals surface area contributed by atoms with Crippen molar-refractivity contribution in [1.29, 1.82) is 0 Å². The molecule has 0 spiro atoms. The number of nitro benzene ring substituents is 1. The third-order valence-electron chi connectivity index (χ3n) is 4.34. The summed E-state index contributed by atoms with van der Waals surface area (Å²) < 4.78 is 11.7. The van der Waals surface area contributed by atoms with Crippen molar-refractivity contribution in [2.45, 2.75) is 6.61 Å². The number of phenols is 1. The van der Waals surface area contributed by atoms with Gasteiger partial charge in [0, 0.05) is 22.2 Å². The van der Waals surface area contributed by atoms with Gasteiger partial charge in [-0.2, -0.15) is 5.10 Å². The largest absolute Gasteiger partial charge is 0.507 e. The number of nitrogens with one attached hydrogen (secondary N) is 1. The van der Waals surface area contributed by atoms with Gasteiger partial charge in [-0.05, 0) is 42.0 Å². The SMILES string of the molecule is COc1cc(/C=N\NC(=O)c2cc(Br)ccc2O)ccc1COc1ccc([N+](=O)[O-])cc1. The van der Waals surface area contributed by atoms with Crippen LogP contribution in [0.15, 0.2) is 70.2 Å². The van der Waals surface area contributed by atoms with Crippen molar-refractivity contribution in [3.63, 3.8) is 0 Å². The number of hydrogen-bond acceptors (Lipinski definition) is 7. The molecular weight excluding hydrogens is 482 g/mol. The van der Waals surface area contributed by atoms with Crippen LogP contribution in [0.2, 0.25) is 0 Å². The molecule has 0 fully saturated rings. The maximum atomic E-state index is 12.2. The molecule has 2 N–H and O–H groups in total. The van der Waals surface area contributed by atoms with Gasteiger partial charge in [0.2, 0.25) is 0 Å². The van der Waals surface area contributed by atoms with Gasteiger partial charge in [0.25, 0.3) is 11.6 Å². The summed E-state index contributed by atoms with van der Waals surface area (Å²) in [4.78, 5) is 22.4. The summed E-state index contributed by atoms with van der Waals surface area (Å²) in [6.45, 7) is 0.192. The summed E-state index contributed by atoms with van der Waals surface area (Å²) in [6, 6.07) is 15.6. The van der Waals surface area contributed by atoms with Crippen LogP contribution in [0.4, 0.5) is 5.69 Å². The van der Waals surface area contributed by atoms with Gasteiger partial charge >= 0.3 is 0 Å². The maximum Gasteiger partial charge on any atom is 0.275 e. The molecule has 0 aliphatic carbocycles. The molecular formula is C22H18BrN3O6. The van der Waals surface area contributed by atoms with E-state index in [0.717, 1.165) is 5.56 Å². The highest BCUT2D eigenvalue weighted by molar-refractivity contribution is 9.10. The van der Waals surface area contributed by atoms with Gasteiger partial charge < -0.3 is 14.6 Å². The summed E-state index contributed by atoms with van der Waals surface area (Å²) in [5, 5.41) is 24.4. The molecule has 1 amide bonds. The number of methoxy groups -OCH3 is 1. The van der Waals surface area contributed by atoms with Gasteiger partial charge in [0.05, 0.1) is 23.8 Å². The zero-order valence-corrected chi connectivity index (χ0v) is 18.4. The molecule has 0 unspecified atom stereocenters. The second-order valence-corrected chi connectivity index (χ2v) is 7.39. The van der Waals surface area contributed by atoms with Crippen LogP contribution in [-0.4, -0.2) is 29.3 Å². The molecule has 0 aliphatic rings. The van der Waals surface area contributed by atoms with E-state index < -0.39 is 10.8 Å². The zero-order valence-electron chi connectivity index (χ0n) is 16.8. The first kappa shape index (κ1) is 22.8. The van der Waals surface area contributed by atoms with Crippen LogP contribution in [0.1, 0.15) is 21.5 Å². The molecule has 3 aromatic rings. The Morgan fingerprint density at radius 2 is 1.94 bits per heavy atom. The van der Waals surface area contributed by atoms with E-state index in [2.05, 4.69) is 26.5 Å². The van der Waals surface area contributed by atoms with Crippen molar-refractivity contribution in [2.24, 2.45) is 5.10 Å². The minimum Gasteiger partial charge on any atom is -0.507 e. The number of nitro groups is 1. The molecule has 0 aliphatic heterocycles. The Morgan fingerprint density at radius 1 is 1.19 bits per heavy atom. The van der Waals surface area contributed by atoms with Gasteiger partial charge in [-0.1, -0.05) is 28.1 Å². The van der Waals surface area contributed by atoms with Gasteiger partial charge in [-0.3, -0.25) is 14.9 Å². The summed E-state index contributed by atoms with van der Waals surface area (Å²) in [5.41, 5.74) is 3.86. The van der Waals surface area contributed by atoms with Gasteiger partial charge in [-0.25, -0.2) is 5.43 Å². The Bertz CT molecular complexity index is 1160. The van der Waals surface area contributed by atoms with Crippen LogP contribution in [0, 0.1) is 10.1 Å². The molecule has 0 aromatic heterocycles. The van der Waals surface area contributed by atoms with Crippen LogP contribution in [0.5, 0.6) is 17.2 Å². The minimum absolute atomic E-state index is 0.0132. The predicted octanol–water partition coefficient (Wildman–Crippen LogP) is 4.41. The van der Waals surface area contributed by atoms with Gasteiger partial charge in [0.15, 0.2) is 0 Å². The Hall–Kier alpha value is -3.92. The first-order valence-corrected chi connectivity index (χ1v) is 10.0. The molecule has 0 heterocycles.